The lowest BCUT2D eigenvalue weighted by Gasteiger charge is -1.98. The van der Waals surface area contributed by atoms with Gasteiger partial charge in [0.05, 0.1) is 4.92 Å². The third-order valence-corrected chi connectivity index (χ3v) is 1.78. The van der Waals surface area contributed by atoms with Crippen molar-refractivity contribution in [2.24, 2.45) is 5.73 Å². The van der Waals surface area contributed by atoms with E-state index < -0.39 is 4.92 Å². The zero-order valence-corrected chi connectivity index (χ0v) is 8.09. The maximum atomic E-state index is 10.5. The second-order valence-corrected chi connectivity index (χ2v) is 2.90. The smallest absolute Gasteiger partial charge is 0.288 e. The van der Waals surface area contributed by atoms with Gasteiger partial charge in [0.1, 0.15) is 12.0 Å². The van der Waals surface area contributed by atoms with Crippen molar-refractivity contribution < 1.29 is 4.92 Å². The molecule has 6 nitrogen and oxygen atoms in total. The predicted molar refractivity (Wildman–Crippen MR) is 58.0 cm³/mol. The summed E-state index contributed by atoms with van der Waals surface area (Å²) < 4.78 is 0. The Kier molecular flexibility index (Phi) is 3.75. The van der Waals surface area contributed by atoms with Crippen molar-refractivity contribution in [3.63, 3.8) is 0 Å². The monoisotopic (exact) mass is 208 g/mol. The standard InChI is InChI=1S/C9H12N4O2/c10-4-2-1-3-7-5-8(13(14)15)6-12-9(7)11/h1,3,5-6H,2,4,10H2,(H2,11,12). The molecular weight excluding hydrogens is 196 g/mol. The van der Waals surface area contributed by atoms with Gasteiger partial charge in [-0.15, -0.1) is 0 Å². The van der Waals surface area contributed by atoms with Crippen molar-refractivity contribution in [1.29, 1.82) is 0 Å². The first-order chi connectivity index (χ1) is 7.15. The Labute approximate surface area is 86.8 Å². The molecule has 0 fully saturated rings. The summed E-state index contributed by atoms with van der Waals surface area (Å²) in [7, 11) is 0. The van der Waals surface area contributed by atoms with Crippen LogP contribution in [-0.2, 0) is 0 Å². The van der Waals surface area contributed by atoms with E-state index in [1.165, 1.54) is 6.07 Å². The Bertz CT molecular complexity index is 390. The van der Waals surface area contributed by atoms with Crippen molar-refractivity contribution in [2.75, 3.05) is 12.3 Å². The van der Waals surface area contributed by atoms with Gasteiger partial charge in [-0.3, -0.25) is 10.1 Å². The number of pyridine rings is 1. The lowest BCUT2D eigenvalue weighted by atomic mass is 10.2. The Morgan fingerprint density at radius 3 is 2.93 bits per heavy atom. The normalized spacial score (nSPS) is 10.7. The van der Waals surface area contributed by atoms with Crippen LogP contribution in [0.15, 0.2) is 18.3 Å². The summed E-state index contributed by atoms with van der Waals surface area (Å²) in [6, 6.07) is 1.38. The molecular formula is C9H12N4O2. The molecule has 0 saturated heterocycles. The van der Waals surface area contributed by atoms with Gasteiger partial charge < -0.3 is 11.5 Å². The van der Waals surface area contributed by atoms with E-state index in [9.17, 15) is 10.1 Å². The van der Waals surface area contributed by atoms with Crippen molar-refractivity contribution in [1.82, 2.24) is 4.98 Å². The van der Waals surface area contributed by atoms with Crippen LogP contribution in [-0.4, -0.2) is 16.5 Å². The van der Waals surface area contributed by atoms with Crippen LogP contribution >= 0.6 is 0 Å². The SMILES string of the molecule is NCCC=Cc1cc([N+](=O)[O-])cnc1N. The largest absolute Gasteiger partial charge is 0.383 e. The van der Waals surface area contributed by atoms with Crippen LogP contribution in [0.1, 0.15) is 12.0 Å². The van der Waals surface area contributed by atoms with E-state index >= 15 is 0 Å². The van der Waals surface area contributed by atoms with E-state index in [1.807, 2.05) is 0 Å². The van der Waals surface area contributed by atoms with E-state index in [4.69, 9.17) is 11.5 Å². The summed E-state index contributed by atoms with van der Waals surface area (Å²) in [6.45, 7) is 0.527. The first-order valence-corrected chi connectivity index (χ1v) is 4.41. The van der Waals surface area contributed by atoms with Crippen molar-refractivity contribution in [3.8, 4) is 0 Å². The van der Waals surface area contributed by atoms with E-state index in [-0.39, 0.29) is 11.5 Å². The Morgan fingerprint density at radius 1 is 1.60 bits per heavy atom. The molecule has 15 heavy (non-hydrogen) atoms. The number of nitrogen functional groups attached to an aromatic ring is 1. The van der Waals surface area contributed by atoms with Crippen molar-refractivity contribution in [3.05, 3.63) is 34.0 Å². The number of hydrogen-bond acceptors (Lipinski definition) is 5. The highest BCUT2D eigenvalue weighted by Gasteiger charge is 2.08. The average Bonchev–Trinajstić information content (AvgIpc) is 2.20. The third kappa shape index (κ3) is 3.03. The van der Waals surface area contributed by atoms with Gasteiger partial charge in [-0.2, -0.15) is 0 Å². The highest BCUT2D eigenvalue weighted by molar-refractivity contribution is 5.63. The van der Waals surface area contributed by atoms with Gasteiger partial charge in [0.25, 0.3) is 5.69 Å². The third-order valence-electron chi connectivity index (χ3n) is 1.78. The molecule has 0 spiro atoms. The molecule has 1 rings (SSSR count). The van der Waals surface area contributed by atoms with Crippen LogP contribution in [0.4, 0.5) is 11.5 Å². The highest BCUT2D eigenvalue weighted by Crippen LogP contribution is 2.17. The highest BCUT2D eigenvalue weighted by atomic mass is 16.6. The molecule has 1 aromatic heterocycles. The molecule has 1 aromatic rings. The summed E-state index contributed by atoms with van der Waals surface area (Å²) in [4.78, 5) is 13.7. The molecule has 0 aromatic carbocycles. The van der Waals surface area contributed by atoms with E-state index in [0.717, 1.165) is 6.20 Å². The molecule has 0 bridgehead atoms. The van der Waals surface area contributed by atoms with Gasteiger partial charge in [0, 0.05) is 11.6 Å². The Morgan fingerprint density at radius 2 is 2.33 bits per heavy atom. The number of hydrogen-bond donors (Lipinski definition) is 2. The van der Waals surface area contributed by atoms with Gasteiger partial charge in [-0.25, -0.2) is 4.98 Å². The van der Waals surface area contributed by atoms with Crippen LogP contribution in [0.5, 0.6) is 0 Å². The second-order valence-electron chi connectivity index (χ2n) is 2.90. The number of nitrogens with zero attached hydrogens (tertiary/aromatic N) is 2. The summed E-state index contributed by atoms with van der Waals surface area (Å²) in [5.74, 6) is 0.272. The fourth-order valence-electron chi connectivity index (χ4n) is 1.02. The van der Waals surface area contributed by atoms with Crippen LogP contribution < -0.4 is 11.5 Å². The first kappa shape index (κ1) is 11.1. The van der Waals surface area contributed by atoms with Gasteiger partial charge in [-0.05, 0) is 13.0 Å². The molecule has 0 aliphatic carbocycles. The summed E-state index contributed by atoms with van der Waals surface area (Å²) in [6.07, 6.45) is 5.32. The molecule has 0 radical (unpaired) electrons. The van der Waals surface area contributed by atoms with Crippen LogP contribution in [0.2, 0.25) is 0 Å². The maximum absolute atomic E-state index is 10.5. The molecule has 1 heterocycles. The van der Waals surface area contributed by atoms with Gasteiger partial charge in [0.15, 0.2) is 0 Å². The van der Waals surface area contributed by atoms with Crippen molar-refractivity contribution >= 4 is 17.6 Å². The molecule has 0 amide bonds. The topological polar surface area (TPSA) is 108 Å². The van der Waals surface area contributed by atoms with Gasteiger partial charge in [0.2, 0.25) is 0 Å². The molecule has 0 aliphatic heterocycles. The minimum absolute atomic E-state index is 0.0726. The summed E-state index contributed by atoms with van der Waals surface area (Å²) >= 11 is 0. The molecule has 0 atom stereocenters. The van der Waals surface area contributed by atoms with Gasteiger partial charge in [-0.1, -0.05) is 12.2 Å². The summed E-state index contributed by atoms with van der Waals surface area (Å²) in [5.41, 5.74) is 11.3. The molecule has 6 heteroatoms. The number of rotatable bonds is 4. The molecule has 0 aliphatic rings. The molecule has 0 saturated carbocycles. The van der Waals surface area contributed by atoms with Crippen LogP contribution in [0, 0.1) is 10.1 Å². The zero-order valence-electron chi connectivity index (χ0n) is 8.09. The van der Waals surface area contributed by atoms with Gasteiger partial charge >= 0.3 is 0 Å². The van der Waals surface area contributed by atoms with Crippen molar-refractivity contribution in [2.45, 2.75) is 6.42 Å². The minimum atomic E-state index is -0.507. The van der Waals surface area contributed by atoms with Crippen LogP contribution in [0.3, 0.4) is 0 Å². The molecule has 4 N–H and O–H groups in total. The average molecular weight is 208 g/mol. The Hall–Kier alpha value is -1.95. The zero-order chi connectivity index (χ0) is 11.3. The fraction of sp³-hybridized carbons (Fsp3) is 0.222. The molecule has 0 unspecified atom stereocenters. The quantitative estimate of drug-likeness (QED) is 0.565. The first-order valence-electron chi connectivity index (χ1n) is 4.41. The lowest BCUT2D eigenvalue weighted by Crippen LogP contribution is -1.97. The molecule has 80 valence electrons. The maximum Gasteiger partial charge on any atom is 0.288 e. The predicted octanol–water partition coefficient (Wildman–Crippen LogP) is 0.934. The number of nitro groups is 1. The number of anilines is 1. The second kappa shape index (κ2) is 5.06. The van der Waals surface area contributed by atoms with Crippen LogP contribution in [0.25, 0.3) is 6.08 Å². The fourth-order valence-corrected chi connectivity index (χ4v) is 1.02. The minimum Gasteiger partial charge on any atom is -0.383 e. The van der Waals surface area contributed by atoms with E-state index in [2.05, 4.69) is 4.98 Å². The summed E-state index contributed by atoms with van der Waals surface area (Å²) in [5, 5.41) is 10.5. The Balaban J connectivity index is 2.95. The number of nitrogens with two attached hydrogens (primary N) is 2. The van der Waals surface area contributed by atoms with E-state index in [0.29, 0.717) is 18.5 Å². The van der Waals surface area contributed by atoms with E-state index in [1.54, 1.807) is 12.2 Å². The number of aromatic nitrogens is 1. The lowest BCUT2D eigenvalue weighted by molar-refractivity contribution is -0.385.